The van der Waals surface area contributed by atoms with Gasteiger partial charge in [-0.25, -0.2) is 4.98 Å². The summed E-state index contributed by atoms with van der Waals surface area (Å²) < 4.78 is 10.7. The van der Waals surface area contributed by atoms with Crippen LogP contribution in [0.15, 0.2) is 10.9 Å². The van der Waals surface area contributed by atoms with Crippen LogP contribution in [0.25, 0.3) is 0 Å². The van der Waals surface area contributed by atoms with Crippen molar-refractivity contribution in [3.63, 3.8) is 0 Å². The minimum atomic E-state index is -0.185. The van der Waals surface area contributed by atoms with Crippen LogP contribution >= 0.6 is 0 Å². The molecule has 0 radical (unpaired) electrons. The van der Waals surface area contributed by atoms with E-state index < -0.39 is 0 Å². The average Bonchev–Trinajstić information content (AvgIpc) is 2.27. The van der Waals surface area contributed by atoms with E-state index in [-0.39, 0.29) is 5.56 Å². The van der Waals surface area contributed by atoms with Crippen LogP contribution in [0.4, 0.5) is 0 Å². The molecule has 0 fully saturated rings. The molecule has 5 heteroatoms. The number of aromatic amines is 1. The van der Waals surface area contributed by atoms with Crippen LogP contribution in [-0.2, 0) is 11.2 Å². The van der Waals surface area contributed by atoms with Gasteiger partial charge >= 0.3 is 0 Å². The number of nitrogens with zero attached hydrogens (tertiary/aromatic N) is 1. The van der Waals surface area contributed by atoms with Gasteiger partial charge in [0.2, 0.25) is 5.88 Å². The lowest BCUT2D eigenvalue weighted by Crippen LogP contribution is -2.14. The molecule has 1 heterocycles. The molecule has 0 spiro atoms. The molecule has 1 aromatic rings. The standard InChI is InChI=1S/C12H20N2O3/c1-4-10-13-11(15)7-12(14-10)17-6-5-16-8-9(2)3/h7,9H,4-6,8H2,1-3H3,(H,13,14,15). The molecular weight excluding hydrogens is 220 g/mol. The molecular formula is C12H20N2O3. The smallest absolute Gasteiger partial charge is 0.254 e. The number of rotatable bonds is 7. The molecule has 0 atom stereocenters. The Hall–Kier alpha value is -1.36. The van der Waals surface area contributed by atoms with Crippen LogP contribution in [-0.4, -0.2) is 29.8 Å². The zero-order chi connectivity index (χ0) is 12.7. The number of nitrogens with one attached hydrogen (secondary N) is 1. The van der Waals surface area contributed by atoms with Crippen LogP contribution in [0.2, 0.25) is 0 Å². The summed E-state index contributed by atoms with van der Waals surface area (Å²) in [6.45, 7) is 7.74. The molecule has 0 bridgehead atoms. The quantitative estimate of drug-likeness (QED) is 0.731. The number of H-pyrrole nitrogens is 1. The molecule has 0 aromatic carbocycles. The first-order valence-electron chi connectivity index (χ1n) is 5.92. The first kappa shape index (κ1) is 13.7. The summed E-state index contributed by atoms with van der Waals surface area (Å²) in [6, 6.07) is 1.35. The van der Waals surface area contributed by atoms with E-state index in [9.17, 15) is 4.79 Å². The van der Waals surface area contributed by atoms with E-state index in [1.54, 1.807) is 0 Å². The lowest BCUT2D eigenvalue weighted by Gasteiger charge is -2.08. The highest BCUT2D eigenvalue weighted by Crippen LogP contribution is 2.02. The van der Waals surface area contributed by atoms with Crippen LogP contribution in [0.5, 0.6) is 5.88 Å². The van der Waals surface area contributed by atoms with Crippen molar-refractivity contribution >= 4 is 0 Å². The van der Waals surface area contributed by atoms with Crippen molar-refractivity contribution in [3.05, 3.63) is 22.2 Å². The fraction of sp³-hybridized carbons (Fsp3) is 0.667. The van der Waals surface area contributed by atoms with Gasteiger partial charge in [-0.2, -0.15) is 0 Å². The molecule has 0 unspecified atom stereocenters. The van der Waals surface area contributed by atoms with Gasteiger partial charge in [0.15, 0.2) is 0 Å². The van der Waals surface area contributed by atoms with E-state index in [0.717, 1.165) is 0 Å². The second kappa shape index (κ2) is 7.06. The van der Waals surface area contributed by atoms with Crippen molar-refractivity contribution in [2.45, 2.75) is 27.2 Å². The predicted molar refractivity (Wildman–Crippen MR) is 65.4 cm³/mol. The zero-order valence-corrected chi connectivity index (χ0v) is 10.7. The number of hydrogen-bond donors (Lipinski definition) is 1. The average molecular weight is 240 g/mol. The lowest BCUT2D eigenvalue weighted by molar-refractivity contribution is 0.0805. The summed E-state index contributed by atoms with van der Waals surface area (Å²) >= 11 is 0. The Bertz CT molecular complexity index is 388. The van der Waals surface area contributed by atoms with Gasteiger partial charge in [-0.05, 0) is 5.92 Å². The summed E-state index contributed by atoms with van der Waals surface area (Å²) in [5.41, 5.74) is -0.185. The molecule has 0 saturated heterocycles. The number of hydrogen-bond acceptors (Lipinski definition) is 4. The van der Waals surface area contributed by atoms with E-state index in [4.69, 9.17) is 9.47 Å². The second-order valence-corrected chi connectivity index (χ2v) is 4.20. The number of aromatic nitrogens is 2. The number of aryl methyl sites for hydroxylation is 1. The molecule has 1 aromatic heterocycles. The molecule has 1 rings (SSSR count). The molecule has 1 N–H and O–H groups in total. The van der Waals surface area contributed by atoms with Crippen molar-refractivity contribution in [1.82, 2.24) is 9.97 Å². The van der Waals surface area contributed by atoms with Gasteiger partial charge in [0.1, 0.15) is 12.4 Å². The Morgan fingerprint density at radius 3 is 2.82 bits per heavy atom. The number of ether oxygens (including phenoxy) is 2. The Labute approximate surface area is 101 Å². The Morgan fingerprint density at radius 2 is 2.18 bits per heavy atom. The largest absolute Gasteiger partial charge is 0.475 e. The van der Waals surface area contributed by atoms with E-state index >= 15 is 0 Å². The van der Waals surface area contributed by atoms with Gasteiger partial charge in [0.05, 0.1) is 12.7 Å². The van der Waals surface area contributed by atoms with Gasteiger partial charge in [0, 0.05) is 13.0 Å². The van der Waals surface area contributed by atoms with Gasteiger partial charge in [-0.3, -0.25) is 4.79 Å². The molecule has 0 aliphatic heterocycles. The SMILES string of the molecule is CCc1nc(OCCOCC(C)C)cc(=O)[nH]1. The predicted octanol–water partition coefficient (Wildman–Crippen LogP) is 1.38. The maximum atomic E-state index is 11.2. The highest BCUT2D eigenvalue weighted by Gasteiger charge is 2.01. The van der Waals surface area contributed by atoms with Gasteiger partial charge in [-0.1, -0.05) is 20.8 Å². The third-order valence-electron chi connectivity index (χ3n) is 2.03. The molecule has 0 amide bonds. The monoisotopic (exact) mass is 240 g/mol. The van der Waals surface area contributed by atoms with E-state index in [1.807, 2.05) is 6.92 Å². The van der Waals surface area contributed by atoms with Crippen LogP contribution in [0.3, 0.4) is 0 Å². The molecule has 0 saturated carbocycles. The normalized spacial score (nSPS) is 10.8. The summed E-state index contributed by atoms with van der Waals surface area (Å²) in [7, 11) is 0. The van der Waals surface area contributed by atoms with Crippen molar-refractivity contribution in [1.29, 1.82) is 0 Å². The first-order valence-corrected chi connectivity index (χ1v) is 5.92. The maximum absolute atomic E-state index is 11.2. The zero-order valence-electron chi connectivity index (χ0n) is 10.7. The fourth-order valence-corrected chi connectivity index (χ4v) is 1.25. The lowest BCUT2D eigenvalue weighted by atomic mass is 10.2. The van der Waals surface area contributed by atoms with E-state index in [1.165, 1.54) is 6.07 Å². The first-order chi connectivity index (χ1) is 8.11. The van der Waals surface area contributed by atoms with Crippen LogP contribution in [0.1, 0.15) is 26.6 Å². The maximum Gasteiger partial charge on any atom is 0.254 e. The van der Waals surface area contributed by atoms with Gasteiger partial charge in [0.25, 0.3) is 5.56 Å². The summed E-state index contributed by atoms with van der Waals surface area (Å²) in [6.07, 6.45) is 0.677. The van der Waals surface area contributed by atoms with E-state index in [2.05, 4.69) is 23.8 Å². The third-order valence-corrected chi connectivity index (χ3v) is 2.03. The summed E-state index contributed by atoms with van der Waals surface area (Å²) in [4.78, 5) is 18.0. The summed E-state index contributed by atoms with van der Waals surface area (Å²) in [5, 5.41) is 0. The fourth-order valence-electron chi connectivity index (χ4n) is 1.25. The molecule has 5 nitrogen and oxygen atoms in total. The molecule has 96 valence electrons. The molecule has 0 aliphatic rings. The Kier molecular flexibility index (Phi) is 5.69. The van der Waals surface area contributed by atoms with Crippen molar-refractivity contribution in [3.8, 4) is 5.88 Å². The van der Waals surface area contributed by atoms with Gasteiger partial charge in [-0.15, -0.1) is 0 Å². The van der Waals surface area contributed by atoms with Gasteiger partial charge < -0.3 is 14.5 Å². The highest BCUT2D eigenvalue weighted by atomic mass is 16.5. The molecule has 0 aliphatic carbocycles. The topological polar surface area (TPSA) is 64.2 Å². The van der Waals surface area contributed by atoms with Crippen LogP contribution in [0, 0.1) is 5.92 Å². The van der Waals surface area contributed by atoms with Crippen molar-refractivity contribution < 1.29 is 9.47 Å². The second-order valence-electron chi connectivity index (χ2n) is 4.20. The Balaban J connectivity index is 2.36. The minimum absolute atomic E-state index is 0.185. The third kappa shape index (κ3) is 5.49. The Morgan fingerprint density at radius 1 is 1.41 bits per heavy atom. The highest BCUT2D eigenvalue weighted by molar-refractivity contribution is 5.08. The minimum Gasteiger partial charge on any atom is -0.475 e. The van der Waals surface area contributed by atoms with Crippen LogP contribution < -0.4 is 10.3 Å². The summed E-state index contributed by atoms with van der Waals surface area (Å²) in [5.74, 6) is 1.51. The van der Waals surface area contributed by atoms with Crippen molar-refractivity contribution in [2.75, 3.05) is 19.8 Å². The molecule has 17 heavy (non-hydrogen) atoms. The van der Waals surface area contributed by atoms with E-state index in [0.29, 0.717) is 43.9 Å². The van der Waals surface area contributed by atoms with Crippen molar-refractivity contribution in [2.24, 2.45) is 5.92 Å².